The second-order valence-corrected chi connectivity index (χ2v) is 12.6. The summed E-state index contributed by atoms with van der Waals surface area (Å²) in [6, 6.07) is 29.4. The average molecular weight is 711 g/mol. The number of rotatable bonds is 10. The molecule has 10 heteroatoms. The Hall–Kier alpha value is -4.93. The van der Waals surface area contributed by atoms with Gasteiger partial charge in [0.2, 0.25) is 0 Å². The molecule has 0 bridgehead atoms. The quantitative estimate of drug-likeness (QED) is 0.176. The summed E-state index contributed by atoms with van der Waals surface area (Å²) in [5.74, 6) is 1.44. The van der Waals surface area contributed by atoms with Gasteiger partial charge in [-0.2, -0.15) is 0 Å². The molecule has 1 aliphatic rings. The van der Waals surface area contributed by atoms with Gasteiger partial charge in [0.25, 0.3) is 11.5 Å². The van der Waals surface area contributed by atoms with Crippen LogP contribution in [0.4, 0.5) is 5.69 Å². The van der Waals surface area contributed by atoms with Crippen LogP contribution in [-0.4, -0.2) is 24.2 Å². The van der Waals surface area contributed by atoms with Crippen molar-refractivity contribution in [3.63, 3.8) is 0 Å². The van der Waals surface area contributed by atoms with Crippen LogP contribution in [0.1, 0.15) is 36.6 Å². The van der Waals surface area contributed by atoms with Gasteiger partial charge in [0.15, 0.2) is 16.3 Å². The van der Waals surface area contributed by atoms with Crippen molar-refractivity contribution in [2.45, 2.75) is 26.5 Å². The minimum atomic E-state index is -0.716. The van der Waals surface area contributed by atoms with E-state index in [0.29, 0.717) is 62.3 Å². The zero-order valence-electron chi connectivity index (χ0n) is 26.0. The first-order valence-corrected chi connectivity index (χ1v) is 16.6. The molecular weight excluding hydrogens is 678 g/mol. The molecule has 238 valence electrons. The van der Waals surface area contributed by atoms with E-state index in [1.807, 2.05) is 104 Å². The number of fused-ring (bicyclic) bond motifs is 1. The number of hydrogen-bond donors (Lipinski definition) is 1. The zero-order valence-corrected chi connectivity index (χ0v) is 28.4. The first kappa shape index (κ1) is 32.0. The number of hydrogen-bond acceptors (Lipinski definition) is 7. The van der Waals surface area contributed by atoms with E-state index in [4.69, 9.17) is 19.2 Å². The topological polar surface area (TPSA) is 91.2 Å². The number of halogens is 1. The summed E-state index contributed by atoms with van der Waals surface area (Å²) in [5.41, 5.74) is 3.72. The van der Waals surface area contributed by atoms with Crippen molar-refractivity contribution in [2.24, 2.45) is 4.99 Å². The van der Waals surface area contributed by atoms with Crippen LogP contribution < -0.4 is 34.4 Å². The van der Waals surface area contributed by atoms with Gasteiger partial charge in [-0.05, 0) is 73.5 Å². The summed E-state index contributed by atoms with van der Waals surface area (Å²) >= 11 is 4.73. The molecule has 0 aliphatic carbocycles. The van der Waals surface area contributed by atoms with Crippen LogP contribution >= 0.6 is 27.3 Å². The Balaban J connectivity index is 1.45. The van der Waals surface area contributed by atoms with Crippen LogP contribution in [0.3, 0.4) is 0 Å². The lowest BCUT2D eigenvalue weighted by Crippen LogP contribution is -2.40. The molecule has 5 aromatic rings. The van der Waals surface area contributed by atoms with Crippen LogP contribution in [0.2, 0.25) is 0 Å². The molecule has 2 heterocycles. The Morgan fingerprint density at radius 3 is 2.43 bits per heavy atom. The molecule has 0 saturated heterocycles. The van der Waals surface area contributed by atoms with Gasteiger partial charge in [-0.25, -0.2) is 4.99 Å². The van der Waals surface area contributed by atoms with Crippen LogP contribution in [0.15, 0.2) is 123 Å². The van der Waals surface area contributed by atoms with Crippen molar-refractivity contribution in [2.75, 3.05) is 19.0 Å². The van der Waals surface area contributed by atoms with Crippen molar-refractivity contribution in [1.82, 2.24) is 4.57 Å². The van der Waals surface area contributed by atoms with E-state index in [1.54, 1.807) is 24.7 Å². The Morgan fingerprint density at radius 1 is 0.979 bits per heavy atom. The summed E-state index contributed by atoms with van der Waals surface area (Å²) in [7, 11) is 1.58. The third-order valence-corrected chi connectivity index (χ3v) is 9.13. The number of anilines is 1. The lowest BCUT2D eigenvalue weighted by Gasteiger charge is -2.25. The number of carbonyl (C=O) groups is 1. The highest BCUT2D eigenvalue weighted by atomic mass is 79.9. The molecule has 4 aromatic carbocycles. The second kappa shape index (κ2) is 14.2. The van der Waals surface area contributed by atoms with Gasteiger partial charge in [0.05, 0.1) is 35.6 Å². The molecule has 6 rings (SSSR count). The number of nitrogens with one attached hydrogen (secondary N) is 1. The maximum atomic E-state index is 14.3. The minimum Gasteiger partial charge on any atom is -0.494 e. The van der Waals surface area contributed by atoms with Crippen molar-refractivity contribution in [3.8, 4) is 17.2 Å². The Bertz CT molecular complexity index is 2120. The van der Waals surface area contributed by atoms with Crippen molar-refractivity contribution in [3.05, 3.63) is 149 Å². The smallest absolute Gasteiger partial charge is 0.271 e. The molecule has 1 N–H and O–H groups in total. The van der Waals surface area contributed by atoms with E-state index in [2.05, 4.69) is 21.2 Å². The van der Waals surface area contributed by atoms with Gasteiger partial charge < -0.3 is 19.5 Å². The number of ether oxygens (including phenoxy) is 3. The number of amides is 1. The molecule has 0 unspecified atom stereocenters. The van der Waals surface area contributed by atoms with Crippen molar-refractivity contribution < 1.29 is 19.0 Å². The molecular formula is C37H32BrN3O5S. The fourth-order valence-corrected chi connectivity index (χ4v) is 6.70. The second-order valence-electron chi connectivity index (χ2n) is 10.7. The standard InChI is InChI=1S/C37H32BrN3O5S/c1-4-45-29-19-15-25(16-20-29)33-32(35(42)40-28-10-6-5-7-11-28)23(2)39-37-41(33)36(43)31(47-37)21-26-9-8-12-30(44-3)34(26)46-22-24-13-17-27(38)18-14-24/h5-21,33H,4,22H2,1-3H3,(H,40,42)/b31-21-/t33-/m1/s1. The largest absolute Gasteiger partial charge is 0.494 e. The maximum Gasteiger partial charge on any atom is 0.271 e. The number of benzene rings is 4. The molecule has 8 nitrogen and oxygen atoms in total. The van der Waals surface area contributed by atoms with Gasteiger partial charge >= 0.3 is 0 Å². The molecule has 0 fully saturated rings. The zero-order chi connectivity index (χ0) is 32.9. The third kappa shape index (κ3) is 6.94. The van der Waals surface area contributed by atoms with E-state index < -0.39 is 6.04 Å². The van der Waals surface area contributed by atoms with Gasteiger partial charge in [-0.3, -0.25) is 14.2 Å². The van der Waals surface area contributed by atoms with E-state index in [-0.39, 0.29) is 11.5 Å². The summed E-state index contributed by atoms with van der Waals surface area (Å²) in [6.07, 6.45) is 1.79. The molecule has 1 atom stereocenters. The molecule has 1 amide bonds. The number of methoxy groups -OCH3 is 1. The van der Waals surface area contributed by atoms with E-state index in [0.717, 1.165) is 15.6 Å². The van der Waals surface area contributed by atoms with Gasteiger partial charge in [0.1, 0.15) is 12.4 Å². The fraction of sp³-hybridized carbons (Fsp3) is 0.162. The highest BCUT2D eigenvalue weighted by Gasteiger charge is 2.32. The fourth-order valence-electron chi connectivity index (χ4n) is 5.40. The number of carbonyl (C=O) groups excluding carboxylic acids is 1. The van der Waals surface area contributed by atoms with Gasteiger partial charge in [-0.1, -0.05) is 81.9 Å². The Labute approximate surface area is 284 Å². The highest BCUT2D eigenvalue weighted by molar-refractivity contribution is 9.10. The first-order chi connectivity index (χ1) is 22.9. The summed E-state index contributed by atoms with van der Waals surface area (Å²) in [5, 5.41) is 2.99. The van der Waals surface area contributed by atoms with Crippen LogP contribution in [0, 0.1) is 0 Å². The summed E-state index contributed by atoms with van der Waals surface area (Å²) in [6.45, 7) is 4.56. The van der Waals surface area contributed by atoms with Crippen LogP contribution in [-0.2, 0) is 11.4 Å². The lowest BCUT2D eigenvalue weighted by atomic mass is 9.95. The molecule has 0 radical (unpaired) electrons. The molecule has 0 saturated carbocycles. The monoisotopic (exact) mass is 709 g/mol. The van der Waals surface area contributed by atoms with Gasteiger partial charge in [-0.15, -0.1) is 0 Å². The van der Waals surface area contributed by atoms with Crippen LogP contribution in [0.5, 0.6) is 17.2 Å². The highest BCUT2D eigenvalue weighted by Crippen LogP contribution is 2.34. The van der Waals surface area contributed by atoms with Crippen molar-refractivity contribution in [1.29, 1.82) is 0 Å². The molecule has 0 spiro atoms. The lowest BCUT2D eigenvalue weighted by molar-refractivity contribution is -0.113. The van der Waals surface area contributed by atoms with E-state index >= 15 is 0 Å². The third-order valence-electron chi connectivity index (χ3n) is 7.62. The number of nitrogens with zero attached hydrogens (tertiary/aromatic N) is 2. The van der Waals surface area contributed by atoms with Crippen LogP contribution in [0.25, 0.3) is 6.08 Å². The Kier molecular flexibility index (Phi) is 9.70. The first-order valence-electron chi connectivity index (χ1n) is 15.0. The van der Waals surface area contributed by atoms with E-state index in [1.165, 1.54) is 11.3 Å². The molecule has 1 aromatic heterocycles. The average Bonchev–Trinajstić information content (AvgIpc) is 3.38. The maximum absolute atomic E-state index is 14.3. The van der Waals surface area contributed by atoms with Crippen molar-refractivity contribution >= 4 is 44.9 Å². The minimum absolute atomic E-state index is 0.271. The molecule has 1 aliphatic heterocycles. The van der Waals surface area contributed by atoms with Gasteiger partial charge in [0, 0.05) is 15.7 Å². The number of para-hydroxylation sites is 2. The number of allylic oxidation sites excluding steroid dienone is 1. The SMILES string of the molecule is CCOc1ccc([C@@H]2C(C(=O)Nc3ccccc3)=C(C)N=c3s/c(=C\c4cccc(OC)c4OCc4ccc(Br)cc4)c(=O)n32)cc1. The summed E-state index contributed by atoms with van der Waals surface area (Å²) in [4.78, 5) is 33.4. The molecule has 47 heavy (non-hydrogen) atoms. The number of aromatic nitrogens is 1. The predicted octanol–water partition coefficient (Wildman–Crippen LogP) is 6.62. The summed E-state index contributed by atoms with van der Waals surface area (Å²) < 4.78 is 20.6. The predicted molar refractivity (Wildman–Crippen MR) is 188 cm³/mol. The number of thiazole rings is 1. The normalized spacial score (nSPS) is 14.3. The Morgan fingerprint density at radius 2 is 1.72 bits per heavy atom. The van der Waals surface area contributed by atoms with E-state index in [9.17, 15) is 9.59 Å².